The highest BCUT2D eigenvalue weighted by Crippen LogP contribution is 2.33. The smallest absolute Gasteiger partial charge is 0.273 e. The number of carbonyl (C=O) groups excluding carboxylic acids is 1. The monoisotopic (exact) mass is 374 g/mol. The third-order valence-corrected chi connectivity index (χ3v) is 5.37. The number of anilines is 1. The van der Waals surface area contributed by atoms with Crippen molar-refractivity contribution in [2.24, 2.45) is 0 Å². The fraction of sp³-hybridized carbons (Fsp3) is 0.316. The number of hydrogen-bond donors (Lipinski definition) is 1. The van der Waals surface area contributed by atoms with Gasteiger partial charge in [-0.2, -0.15) is 0 Å². The summed E-state index contributed by atoms with van der Waals surface area (Å²) in [6.07, 6.45) is 0. The summed E-state index contributed by atoms with van der Waals surface area (Å²) in [5, 5.41) is 13.3. The van der Waals surface area contributed by atoms with Crippen LogP contribution < -0.4 is 10.1 Å². The number of non-ortho nitro benzene ring substituents is 1. The Balaban J connectivity index is 2.16. The summed E-state index contributed by atoms with van der Waals surface area (Å²) in [5.41, 5.74) is 3.79. The maximum atomic E-state index is 12.6. The summed E-state index contributed by atoms with van der Waals surface area (Å²) in [6.45, 7) is 7.95. The van der Waals surface area contributed by atoms with Gasteiger partial charge in [0.2, 0.25) is 5.91 Å². The summed E-state index contributed by atoms with van der Waals surface area (Å²) in [6, 6.07) is 8.30. The van der Waals surface area contributed by atoms with Crippen molar-refractivity contribution in [3.05, 3.63) is 57.1 Å². The zero-order valence-electron chi connectivity index (χ0n) is 15.5. The Bertz CT molecular complexity index is 828. The Hall–Kier alpha value is -2.54. The Morgan fingerprint density at radius 1 is 1.19 bits per heavy atom. The van der Waals surface area contributed by atoms with Gasteiger partial charge in [0.05, 0.1) is 29.0 Å². The van der Waals surface area contributed by atoms with E-state index in [1.165, 1.54) is 42.6 Å². The number of ether oxygens (including phenoxy) is 1. The van der Waals surface area contributed by atoms with Crippen molar-refractivity contribution in [1.82, 2.24) is 0 Å². The summed E-state index contributed by atoms with van der Waals surface area (Å²) < 4.78 is 5.16. The third-order valence-electron chi connectivity index (χ3n) is 3.92. The van der Waals surface area contributed by atoms with Crippen molar-refractivity contribution in [3.63, 3.8) is 0 Å². The maximum Gasteiger partial charge on any atom is 0.273 e. The van der Waals surface area contributed by atoms with E-state index in [0.717, 1.165) is 16.0 Å². The number of benzene rings is 2. The first-order valence-corrected chi connectivity index (χ1v) is 8.98. The summed E-state index contributed by atoms with van der Waals surface area (Å²) in [5.74, 6) is 0.0639. The standard InChI is InChI=1S/C19H22N2O4S/c1-11-8-12(2)18(13(3)9-11)26-14(4)19(22)20-16-7-6-15(21(23)24)10-17(16)25-5/h6-10,14H,1-5H3,(H,20,22)/t14-/m1/s1. The first kappa shape index (κ1) is 19.8. The number of thioether (sulfide) groups is 1. The quantitative estimate of drug-likeness (QED) is 0.452. The second-order valence-electron chi connectivity index (χ2n) is 6.12. The molecule has 0 unspecified atom stereocenters. The van der Waals surface area contributed by atoms with E-state index in [-0.39, 0.29) is 22.6 Å². The van der Waals surface area contributed by atoms with E-state index < -0.39 is 4.92 Å². The van der Waals surface area contributed by atoms with Crippen LogP contribution in [0.4, 0.5) is 11.4 Å². The Kier molecular flexibility index (Phi) is 6.26. The van der Waals surface area contributed by atoms with E-state index in [1.807, 2.05) is 27.7 Å². The molecule has 0 aliphatic heterocycles. The number of aryl methyl sites for hydroxylation is 3. The second-order valence-corrected chi connectivity index (χ2v) is 7.47. The molecule has 1 atom stereocenters. The lowest BCUT2D eigenvalue weighted by molar-refractivity contribution is -0.384. The fourth-order valence-corrected chi connectivity index (χ4v) is 3.72. The minimum Gasteiger partial charge on any atom is -0.494 e. The second kappa shape index (κ2) is 8.23. The Morgan fingerprint density at radius 2 is 1.81 bits per heavy atom. The van der Waals surface area contributed by atoms with Gasteiger partial charge in [0.15, 0.2) is 0 Å². The lowest BCUT2D eigenvalue weighted by Crippen LogP contribution is -2.23. The molecule has 0 bridgehead atoms. The molecular weight excluding hydrogens is 352 g/mol. The normalized spacial score (nSPS) is 11.7. The van der Waals surface area contributed by atoms with Crippen LogP contribution in [-0.4, -0.2) is 23.2 Å². The number of nitro groups is 1. The molecule has 2 aromatic carbocycles. The van der Waals surface area contributed by atoms with Gasteiger partial charge in [-0.05, 0) is 44.9 Å². The maximum absolute atomic E-state index is 12.6. The van der Waals surface area contributed by atoms with Gasteiger partial charge in [-0.3, -0.25) is 14.9 Å². The molecule has 0 aliphatic carbocycles. The van der Waals surface area contributed by atoms with Gasteiger partial charge in [0, 0.05) is 11.0 Å². The number of carbonyl (C=O) groups is 1. The van der Waals surface area contributed by atoms with E-state index >= 15 is 0 Å². The van der Waals surface area contributed by atoms with E-state index in [2.05, 4.69) is 17.4 Å². The van der Waals surface area contributed by atoms with Crippen LogP contribution in [0.2, 0.25) is 0 Å². The minimum atomic E-state index is -0.504. The van der Waals surface area contributed by atoms with Crippen LogP contribution in [0.1, 0.15) is 23.6 Å². The van der Waals surface area contributed by atoms with Crippen molar-refractivity contribution >= 4 is 29.0 Å². The number of methoxy groups -OCH3 is 1. The van der Waals surface area contributed by atoms with Crippen molar-refractivity contribution in [2.45, 2.75) is 37.8 Å². The Morgan fingerprint density at radius 3 is 2.35 bits per heavy atom. The predicted octanol–water partition coefficient (Wildman–Crippen LogP) is 4.65. The van der Waals surface area contributed by atoms with Crippen LogP contribution in [0.5, 0.6) is 5.75 Å². The van der Waals surface area contributed by atoms with Gasteiger partial charge in [-0.15, -0.1) is 11.8 Å². The van der Waals surface area contributed by atoms with Crippen LogP contribution in [-0.2, 0) is 4.79 Å². The largest absolute Gasteiger partial charge is 0.494 e. The number of nitrogens with one attached hydrogen (secondary N) is 1. The molecule has 0 saturated carbocycles. The number of hydrogen-bond acceptors (Lipinski definition) is 5. The van der Waals surface area contributed by atoms with Crippen molar-refractivity contribution in [2.75, 3.05) is 12.4 Å². The van der Waals surface area contributed by atoms with Crippen molar-refractivity contribution < 1.29 is 14.5 Å². The molecule has 0 spiro atoms. The van der Waals surface area contributed by atoms with Gasteiger partial charge in [-0.1, -0.05) is 17.7 Å². The molecule has 0 saturated heterocycles. The number of nitrogens with zero attached hydrogens (tertiary/aromatic N) is 1. The fourth-order valence-electron chi connectivity index (χ4n) is 2.71. The molecule has 7 heteroatoms. The molecule has 1 amide bonds. The van der Waals surface area contributed by atoms with Crippen molar-refractivity contribution in [3.8, 4) is 5.75 Å². The molecule has 1 N–H and O–H groups in total. The molecule has 0 fully saturated rings. The van der Waals surface area contributed by atoms with Gasteiger partial charge in [0.25, 0.3) is 5.69 Å². The molecule has 0 aromatic heterocycles. The molecule has 0 aliphatic rings. The first-order chi connectivity index (χ1) is 12.2. The van der Waals surface area contributed by atoms with Crippen LogP contribution >= 0.6 is 11.8 Å². The topological polar surface area (TPSA) is 81.5 Å². The van der Waals surface area contributed by atoms with Gasteiger partial charge < -0.3 is 10.1 Å². The number of amides is 1. The van der Waals surface area contributed by atoms with Gasteiger partial charge in [-0.25, -0.2) is 0 Å². The van der Waals surface area contributed by atoms with Crippen LogP contribution in [0, 0.1) is 30.9 Å². The van der Waals surface area contributed by atoms with Crippen LogP contribution in [0.15, 0.2) is 35.2 Å². The molecule has 26 heavy (non-hydrogen) atoms. The van der Waals surface area contributed by atoms with Crippen LogP contribution in [0.25, 0.3) is 0 Å². The zero-order valence-corrected chi connectivity index (χ0v) is 16.3. The number of rotatable bonds is 6. The highest BCUT2D eigenvalue weighted by atomic mass is 32.2. The number of nitro benzene ring substituents is 1. The SMILES string of the molecule is COc1cc([N+](=O)[O-])ccc1NC(=O)[C@@H](C)Sc1c(C)cc(C)cc1C. The molecule has 0 heterocycles. The molecule has 2 aromatic rings. The highest BCUT2D eigenvalue weighted by Gasteiger charge is 2.19. The molecule has 0 radical (unpaired) electrons. The molecular formula is C19H22N2O4S. The average Bonchev–Trinajstić information content (AvgIpc) is 2.57. The van der Waals surface area contributed by atoms with Gasteiger partial charge >= 0.3 is 0 Å². The zero-order chi connectivity index (χ0) is 19.4. The average molecular weight is 374 g/mol. The molecule has 2 rings (SSSR count). The predicted molar refractivity (Wildman–Crippen MR) is 104 cm³/mol. The van der Waals surface area contributed by atoms with Gasteiger partial charge in [0.1, 0.15) is 5.75 Å². The van der Waals surface area contributed by atoms with E-state index in [9.17, 15) is 14.9 Å². The molecule has 6 nitrogen and oxygen atoms in total. The highest BCUT2D eigenvalue weighted by molar-refractivity contribution is 8.00. The lowest BCUT2D eigenvalue weighted by Gasteiger charge is -2.17. The van der Waals surface area contributed by atoms with E-state index in [1.54, 1.807) is 0 Å². The third kappa shape index (κ3) is 4.54. The lowest BCUT2D eigenvalue weighted by atomic mass is 10.1. The minimum absolute atomic E-state index is 0.0897. The van der Waals surface area contributed by atoms with Crippen molar-refractivity contribution in [1.29, 1.82) is 0 Å². The summed E-state index contributed by atoms with van der Waals surface area (Å²) >= 11 is 1.49. The summed E-state index contributed by atoms with van der Waals surface area (Å²) in [4.78, 5) is 24.0. The van der Waals surface area contributed by atoms with E-state index in [4.69, 9.17) is 4.74 Å². The Labute approximate surface area is 157 Å². The van der Waals surface area contributed by atoms with E-state index in [0.29, 0.717) is 5.69 Å². The summed E-state index contributed by atoms with van der Waals surface area (Å²) in [7, 11) is 1.41. The first-order valence-electron chi connectivity index (χ1n) is 8.10. The van der Waals surface area contributed by atoms with Crippen LogP contribution in [0.3, 0.4) is 0 Å². The molecule has 138 valence electrons.